The van der Waals surface area contributed by atoms with Crippen molar-refractivity contribution in [2.75, 3.05) is 0 Å². The van der Waals surface area contributed by atoms with Gasteiger partial charge in [0.2, 0.25) is 5.28 Å². The predicted molar refractivity (Wildman–Crippen MR) is 54.9 cm³/mol. The summed E-state index contributed by atoms with van der Waals surface area (Å²) in [4.78, 5) is 0. The summed E-state index contributed by atoms with van der Waals surface area (Å²) in [5, 5.41) is 12.3. The monoisotopic (exact) mass is 230 g/mol. The van der Waals surface area contributed by atoms with Crippen LogP contribution in [-0.4, -0.2) is 19.8 Å². The van der Waals surface area contributed by atoms with Crippen molar-refractivity contribution in [2.45, 2.75) is 19.8 Å². The molecule has 0 aliphatic rings. The van der Waals surface area contributed by atoms with Gasteiger partial charge >= 0.3 is 0 Å². The molecule has 0 N–H and O–H groups in total. The quantitative estimate of drug-likeness (QED) is 0.757. The van der Waals surface area contributed by atoms with E-state index in [1.807, 2.05) is 13.8 Å². The number of hydrogen-bond donors (Lipinski definition) is 0. The highest BCUT2D eigenvalue weighted by atomic mass is 35.5. The minimum Gasteiger partial charge on any atom is -0.181 e. The second-order valence-corrected chi connectivity index (χ2v) is 4.01. The lowest BCUT2D eigenvalue weighted by atomic mass is 10.1. The van der Waals surface area contributed by atoms with Crippen LogP contribution in [0.2, 0.25) is 10.4 Å². The molecule has 0 aromatic carbocycles. The van der Waals surface area contributed by atoms with Gasteiger partial charge in [-0.15, -0.1) is 10.2 Å². The Morgan fingerprint density at radius 3 is 2.64 bits per heavy atom. The summed E-state index contributed by atoms with van der Waals surface area (Å²) in [7, 11) is 0. The molecule has 0 aliphatic carbocycles. The maximum atomic E-state index is 5.85. The fourth-order valence-corrected chi connectivity index (χ4v) is 1.62. The fraction of sp³-hybridized carbons (Fsp3) is 0.375. The summed E-state index contributed by atoms with van der Waals surface area (Å²) in [5.74, 6) is 0.304. The summed E-state index contributed by atoms with van der Waals surface area (Å²) in [6, 6.07) is 1.78. The second-order valence-electron chi connectivity index (χ2n) is 3.28. The van der Waals surface area contributed by atoms with Crippen LogP contribution in [0, 0.1) is 0 Å². The lowest BCUT2D eigenvalue weighted by Gasteiger charge is -2.05. The van der Waals surface area contributed by atoms with Crippen molar-refractivity contribution in [3.8, 4) is 0 Å². The minimum absolute atomic E-state index is 0.226. The molecular weight excluding hydrogens is 223 g/mol. The van der Waals surface area contributed by atoms with Crippen LogP contribution in [-0.2, 0) is 0 Å². The Labute approximate surface area is 90.8 Å². The van der Waals surface area contributed by atoms with E-state index >= 15 is 0 Å². The maximum absolute atomic E-state index is 5.85. The molecule has 74 valence electrons. The first-order valence-corrected chi connectivity index (χ1v) is 4.92. The van der Waals surface area contributed by atoms with E-state index in [0.717, 1.165) is 5.56 Å². The van der Waals surface area contributed by atoms with Gasteiger partial charge in [-0.3, -0.25) is 0 Å². The highest BCUT2D eigenvalue weighted by Crippen LogP contribution is 2.22. The van der Waals surface area contributed by atoms with Crippen molar-refractivity contribution in [3.63, 3.8) is 0 Å². The van der Waals surface area contributed by atoms with Crippen LogP contribution in [0.1, 0.15) is 25.3 Å². The summed E-state index contributed by atoms with van der Waals surface area (Å²) in [6.07, 6.45) is 0. The molecule has 2 aromatic heterocycles. The molecule has 0 fully saturated rings. The van der Waals surface area contributed by atoms with Crippen LogP contribution in [0.3, 0.4) is 0 Å². The van der Waals surface area contributed by atoms with Gasteiger partial charge in [0.15, 0.2) is 10.8 Å². The van der Waals surface area contributed by atoms with Crippen LogP contribution >= 0.6 is 23.2 Å². The Morgan fingerprint density at radius 1 is 1.29 bits per heavy atom. The smallest absolute Gasteiger partial charge is 0.181 e. The third-order valence-corrected chi connectivity index (χ3v) is 2.37. The molecule has 6 heteroatoms. The first kappa shape index (κ1) is 9.68. The van der Waals surface area contributed by atoms with Crippen molar-refractivity contribution in [1.29, 1.82) is 0 Å². The van der Waals surface area contributed by atoms with E-state index in [2.05, 4.69) is 15.3 Å². The van der Waals surface area contributed by atoms with E-state index in [9.17, 15) is 0 Å². The summed E-state index contributed by atoms with van der Waals surface area (Å²) in [6.45, 7) is 4.10. The molecule has 2 rings (SSSR count). The molecule has 0 saturated heterocycles. The summed E-state index contributed by atoms with van der Waals surface area (Å²) in [5.41, 5.74) is 1.65. The standard InChI is InChI=1S/C8H8Cl2N4/c1-4(2)5-3-6(9)13-14-7(5)11-12-8(14)10/h3-4H,1-2H3. The van der Waals surface area contributed by atoms with Gasteiger partial charge in [0.25, 0.3) is 0 Å². The Bertz CT molecular complexity index is 477. The van der Waals surface area contributed by atoms with E-state index in [-0.39, 0.29) is 5.28 Å². The average molecular weight is 231 g/mol. The Hall–Kier alpha value is -0.870. The van der Waals surface area contributed by atoms with Crippen molar-refractivity contribution in [2.24, 2.45) is 0 Å². The SMILES string of the molecule is CC(C)c1cc(Cl)nn2c(Cl)nnc12. The first-order chi connectivity index (χ1) is 6.59. The number of nitrogens with zero attached hydrogens (tertiary/aromatic N) is 4. The normalized spacial score (nSPS) is 11.5. The fourth-order valence-electron chi connectivity index (χ4n) is 1.27. The molecule has 0 unspecified atom stereocenters. The Kier molecular flexibility index (Phi) is 2.33. The second kappa shape index (κ2) is 3.37. The molecule has 0 bridgehead atoms. The molecule has 14 heavy (non-hydrogen) atoms. The molecule has 0 atom stereocenters. The van der Waals surface area contributed by atoms with Crippen LogP contribution < -0.4 is 0 Å². The Morgan fingerprint density at radius 2 is 2.00 bits per heavy atom. The van der Waals surface area contributed by atoms with Crippen LogP contribution in [0.25, 0.3) is 5.65 Å². The van der Waals surface area contributed by atoms with Crippen molar-refractivity contribution in [3.05, 3.63) is 22.1 Å². The van der Waals surface area contributed by atoms with Crippen LogP contribution in [0.4, 0.5) is 0 Å². The van der Waals surface area contributed by atoms with E-state index in [4.69, 9.17) is 23.2 Å². The number of aromatic nitrogens is 4. The van der Waals surface area contributed by atoms with Gasteiger partial charge < -0.3 is 0 Å². The van der Waals surface area contributed by atoms with Gasteiger partial charge in [0.05, 0.1) is 0 Å². The highest BCUT2D eigenvalue weighted by molar-refractivity contribution is 6.30. The topological polar surface area (TPSA) is 43.1 Å². The van der Waals surface area contributed by atoms with E-state index in [1.54, 1.807) is 6.07 Å². The van der Waals surface area contributed by atoms with Gasteiger partial charge in [-0.25, -0.2) is 0 Å². The van der Waals surface area contributed by atoms with E-state index in [1.165, 1.54) is 4.52 Å². The zero-order valence-electron chi connectivity index (χ0n) is 7.70. The number of rotatable bonds is 1. The van der Waals surface area contributed by atoms with Crippen LogP contribution in [0.15, 0.2) is 6.07 Å². The molecule has 0 aliphatic heterocycles. The van der Waals surface area contributed by atoms with E-state index in [0.29, 0.717) is 16.7 Å². The molecule has 2 aromatic rings. The molecule has 0 saturated carbocycles. The zero-order chi connectivity index (χ0) is 10.3. The predicted octanol–water partition coefficient (Wildman–Crippen LogP) is 2.55. The maximum Gasteiger partial charge on any atom is 0.246 e. The summed E-state index contributed by atoms with van der Waals surface area (Å²) < 4.78 is 1.44. The third kappa shape index (κ3) is 1.44. The summed E-state index contributed by atoms with van der Waals surface area (Å²) >= 11 is 11.6. The number of fused-ring (bicyclic) bond motifs is 1. The lowest BCUT2D eigenvalue weighted by molar-refractivity contribution is 0.836. The van der Waals surface area contributed by atoms with Gasteiger partial charge in [-0.05, 0) is 23.6 Å². The molecule has 0 radical (unpaired) electrons. The molecule has 4 nitrogen and oxygen atoms in total. The molecule has 0 spiro atoms. The van der Waals surface area contributed by atoms with E-state index < -0.39 is 0 Å². The molecule has 2 heterocycles. The lowest BCUT2D eigenvalue weighted by Crippen LogP contribution is -1.99. The van der Waals surface area contributed by atoms with Crippen molar-refractivity contribution in [1.82, 2.24) is 19.8 Å². The molecular formula is C8H8Cl2N4. The largest absolute Gasteiger partial charge is 0.246 e. The van der Waals surface area contributed by atoms with Gasteiger partial charge in [-0.1, -0.05) is 25.4 Å². The minimum atomic E-state index is 0.226. The van der Waals surface area contributed by atoms with Crippen molar-refractivity contribution < 1.29 is 0 Å². The highest BCUT2D eigenvalue weighted by Gasteiger charge is 2.12. The first-order valence-electron chi connectivity index (χ1n) is 4.17. The van der Waals surface area contributed by atoms with Gasteiger partial charge in [0.1, 0.15) is 0 Å². The van der Waals surface area contributed by atoms with Gasteiger partial charge in [-0.2, -0.15) is 9.61 Å². The van der Waals surface area contributed by atoms with Crippen LogP contribution in [0.5, 0.6) is 0 Å². The average Bonchev–Trinajstić information content (AvgIpc) is 2.47. The Balaban J connectivity index is 2.82. The third-order valence-electron chi connectivity index (χ3n) is 1.95. The molecule has 0 amide bonds. The van der Waals surface area contributed by atoms with Gasteiger partial charge in [0, 0.05) is 5.56 Å². The van der Waals surface area contributed by atoms with Crippen molar-refractivity contribution >= 4 is 28.8 Å². The zero-order valence-corrected chi connectivity index (χ0v) is 9.21. The number of hydrogen-bond acceptors (Lipinski definition) is 3. The number of halogens is 2.